The lowest BCUT2D eigenvalue weighted by atomic mass is 10.3. The Hall–Kier alpha value is -1.36. The van der Waals surface area contributed by atoms with Crippen molar-refractivity contribution in [3.63, 3.8) is 0 Å². The lowest BCUT2D eigenvalue weighted by Gasteiger charge is -1.95. The smallest absolute Gasteiger partial charge is 0.249 e. The number of fused-ring (bicyclic) bond motifs is 1. The highest BCUT2D eigenvalue weighted by Gasteiger charge is 2.13. The second-order valence-electron chi connectivity index (χ2n) is 3.92. The summed E-state index contributed by atoms with van der Waals surface area (Å²) < 4.78 is 4.34. The van der Waals surface area contributed by atoms with E-state index < -0.39 is 0 Å². The highest BCUT2D eigenvalue weighted by molar-refractivity contribution is 5.73. The zero-order chi connectivity index (χ0) is 11.0. The van der Waals surface area contributed by atoms with E-state index in [9.17, 15) is 0 Å². The van der Waals surface area contributed by atoms with Gasteiger partial charge in [-0.05, 0) is 24.3 Å². The Morgan fingerprint density at radius 1 is 0.882 bits per heavy atom. The fraction of sp³-hybridized carbons (Fsp3) is 0.0714. The first-order chi connectivity index (χ1) is 7.86. The molecule has 0 aliphatic carbocycles. The van der Waals surface area contributed by atoms with Crippen LogP contribution in [0.25, 0.3) is 16.7 Å². The number of para-hydroxylation sites is 3. The molecule has 3 heteroatoms. The quantitative estimate of drug-likeness (QED) is 0.417. The zero-order valence-corrected chi connectivity index (χ0v) is 11.7. The van der Waals surface area contributed by atoms with Crippen molar-refractivity contribution in [2.24, 2.45) is 7.05 Å². The van der Waals surface area contributed by atoms with Gasteiger partial charge in [0.2, 0.25) is 6.33 Å². The van der Waals surface area contributed by atoms with Crippen LogP contribution in [0.4, 0.5) is 0 Å². The first kappa shape index (κ1) is 12.1. The van der Waals surface area contributed by atoms with Crippen molar-refractivity contribution < 1.29 is 28.5 Å². The third kappa shape index (κ3) is 2.07. The number of hydrogen-bond acceptors (Lipinski definition) is 0. The van der Waals surface area contributed by atoms with E-state index in [4.69, 9.17) is 0 Å². The van der Waals surface area contributed by atoms with Crippen molar-refractivity contribution in [1.29, 1.82) is 0 Å². The number of hydrogen-bond donors (Lipinski definition) is 0. The summed E-state index contributed by atoms with van der Waals surface area (Å²) in [5.41, 5.74) is 3.67. The molecule has 0 amide bonds. The Bertz CT molecular complexity index is 629. The van der Waals surface area contributed by atoms with Gasteiger partial charge >= 0.3 is 0 Å². The fourth-order valence-electron chi connectivity index (χ4n) is 2.06. The number of halogens is 1. The van der Waals surface area contributed by atoms with Crippen molar-refractivity contribution in [2.75, 3.05) is 0 Å². The van der Waals surface area contributed by atoms with Gasteiger partial charge in [-0.3, -0.25) is 0 Å². The van der Waals surface area contributed by atoms with Crippen LogP contribution in [0.5, 0.6) is 0 Å². The van der Waals surface area contributed by atoms with Gasteiger partial charge < -0.3 is 24.0 Å². The Balaban J connectivity index is 0.00000108. The minimum Gasteiger partial charge on any atom is -1.00 e. The second-order valence-corrected chi connectivity index (χ2v) is 3.92. The molecule has 0 radical (unpaired) electrons. The molecule has 3 rings (SSSR count). The third-order valence-corrected chi connectivity index (χ3v) is 2.84. The standard InChI is InChI=1S/C14H13N2.HI/c1-15-11-16(12-7-3-2-4-8-12)14-10-6-5-9-13(14)15;/h2-11H,1H3;1H/q+1;/p-1. The minimum atomic E-state index is 0. The summed E-state index contributed by atoms with van der Waals surface area (Å²) in [4.78, 5) is 0. The molecular weight excluding hydrogens is 323 g/mol. The monoisotopic (exact) mass is 336 g/mol. The van der Waals surface area contributed by atoms with Gasteiger partial charge in [-0.25, -0.2) is 4.57 Å². The van der Waals surface area contributed by atoms with Crippen LogP contribution in [0, 0.1) is 0 Å². The van der Waals surface area contributed by atoms with Gasteiger partial charge in [-0.15, -0.1) is 0 Å². The van der Waals surface area contributed by atoms with Crippen LogP contribution in [0.2, 0.25) is 0 Å². The van der Waals surface area contributed by atoms with E-state index in [1.807, 2.05) is 6.07 Å². The number of rotatable bonds is 1. The van der Waals surface area contributed by atoms with Gasteiger partial charge in [0, 0.05) is 0 Å². The third-order valence-electron chi connectivity index (χ3n) is 2.84. The van der Waals surface area contributed by atoms with E-state index >= 15 is 0 Å². The van der Waals surface area contributed by atoms with Crippen LogP contribution in [0.1, 0.15) is 0 Å². The van der Waals surface area contributed by atoms with E-state index in [-0.39, 0.29) is 24.0 Å². The topological polar surface area (TPSA) is 8.81 Å². The van der Waals surface area contributed by atoms with Crippen molar-refractivity contribution in [3.8, 4) is 5.69 Å². The summed E-state index contributed by atoms with van der Waals surface area (Å²) in [6, 6.07) is 18.8. The van der Waals surface area contributed by atoms with E-state index in [1.165, 1.54) is 16.7 Å². The number of aryl methyl sites for hydroxylation is 1. The summed E-state index contributed by atoms with van der Waals surface area (Å²) in [6.07, 6.45) is 2.11. The summed E-state index contributed by atoms with van der Waals surface area (Å²) in [7, 11) is 2.07. The van der Waals surface area contributed by atoms with Gasteiger partial charge in [-0.2, -0.15) is 4.57 Å². The van der Waals surface area contributed by atoms with E-state index in [2.05, 4.69) is 71.0 Å². The first-order valence-corrected chi connectivity index (χ1v) is 5.37. The number of nitrogens with zero attached hydrogens (tertiary/aromatic N) is 2. The Morgan fingerprint density at radius 3 is 2.29 bits per heavy atom. The highest BCUT2D eigenvalue weighted by Crippen LogP contribution is 2.15. The normalized spacial score (nSPS) is 10.2. The molecule has 2 nitrogen and oxygen atoms in total. The molecule has 0 aliphatic rings. The summed E-state index contributed by atoms with van der Waals surface area (Å²) in [6.45, 7) is 0. The SMILES string of the molecule is C[n+]1cn(-c2ccccc2)c2ccccc21.[I-]. The summed E-state index contributed by atoms with van der Waals surface area (Å²) >= 11 is 0. The molecule has 0 unspecified atom stereocenters. The first-order valence-electron chi connectivity index (χ1n) is 5.37. The molecule has 0 aliphatic heterocycles. The van der Waals surface area contributed by atoms with Gasteiger partial charge in [0.15, 0.2) is 11.0 Å². The largest absolute Gasteiger partial charge is 1.00 e. The molecular formula is C14H13IN2. The number of imidazole rings is 1. The summed E-state index contributed by atoms with van der Waals surface area (Å²) in [5, 5.41) is 0. The zero-order valence-electron chi connectivity index (χ0n) is 9.55. The van der Waals surface area contributed by atoms with Crippen LogP contribution < -0.4 is 28.5 Å². The molecule has 86 valence electrons. The van der Waals surface area contributed by atoms with Crippen LogP contribution >= 0.6 is 0 Å². The van der Waals surface area contributed by atoms with Gasteiger partial charge in [0.1, 0.15) is 5.69 Å². The molecule has 1 aromatic heterocycles. The lowest BCUT2D eigenvalue weighted by molar-refractivity contribution is -0.645. The van der Waals surface area contributed by atoms with Crippen molar-refractivity contribution >= 4 is 11.0 Å². The highest BCUT2D eigenvalue weighted by atomic mass is 127. The van der Waals surface area contributed by atoms with Gasteiger partial charge in [-0.1, -0.05) is 30.3 Å². The maximum Gasteiger partial charge on any atom is 0.249 e. The Kier molecular flexibility index (Phi) is 3.47. The molecule has 0 saturated heterocycles. The number of aromatic nitrogens is 2. The predicted octanol–water partition coefficient (Wildman–Crippen LogP) is -0.541. The van der Waals surface area contributed by atoms with Gasteiger partial charge in [0.05, 0.1) is 7.05 Å². The van der Waals surface area contributed by atoms with Crippen molar-refractivity contribution in [2.45, 2.75) is 0 Å². The van der Waals surface area contributed by atoms with E-state index in [1.54, 1.807) is 0 Å². The average Bonchev–Trinajstić information content (AvgIpc) is 2.69. The van der Waals surface area contributed by atoms with E-state index in [0.29, 0.717) is 0 Å². The van der Waals surface area contributed by atoms with Crippen molar-refractivity contribution in [3.05, 3.63) is 60.9 Å². The summed E-state index contributed by atoms with van der Waals surface area (Å²) in [5.74, 6) is 0. The maximum absolute atomic E-state index is 2.20. The minimum absolute atomic E-state index is 0. The lowest BCUT2D eigenvalue weighted by Crippen LogP contribution is -3.00. The number of benzene rings is 2. The molecule has 17 heavy (non-hydrogen) atoms. The van der Waals surface area contributed by atoms with Crippen LogP contribution in [0.15, 0.2) is 60.9 Å². The molecule has 0 N–H and O–H groups in total. The Labute approximate surface area is 118 Å². The Morgan fingerprint density at radius 2 is 1.53 bits per heavy atom. The fourth-order valence-corrected chi connectivity index (χ4v) is 2.06. The van der Waals surface area contributed by atoms with Crippen LogP contribution in [0.3, 0.4) is 0 Å². The molecule has 0 atom stereocenters. The average molecular weight is 336 g/mol. The molecule has 2 aromatic carbocycles. The van der Waals surface area contributed by atoms with Crippen molar-refractivity contribution in [1.82, 2.24) is 4.57 Å². The molecule has 0 spiro atoms. The second kappa shape index (κ2) is 4.87. The predicted molar refractivity (Wildman–Crippen MR) is 64.5 cm³/mol. The maximum atomic E-state index is 2.20. The van der Waals surface area contributed by atoms with Gasteiger partial charge in [0.25, 0.3) is 0 Å². The molecule has 0 fully saturated rings. The molecule has 0 bridgehead atoms. The van der Waals surface area contributed by atoms with Crippen LogP contribution in [-0.4, -0.2) is 4.57 Å². The molecule has 3 aromatic rings. The molecule has 0 saturated carbocycles. The van der Waals surface area contributed by atoms with Crippen LogP contribution in [-0.2, 0) is 7.05 Å². The van der Waals surface area contributed by atoms with E-state index in [0.717, 1.165) is 0 Å². The molecule has 1 heterocycles.